The van der Waals surface area contributed by atoms with Gasteiger partial charge in [0.15, 0.2) is 0 Å². The van der Waals surface area contributed by atoms with E-state index in [4.69, 9.17) is 9.47 Å². The molecule has 6 nitrogen and oxygen atoms in total. The van der Waals surface area contributed by atoms with E-state index in [1.54, 1.807) is 19.0 Å². The highest BCUT2D eigenvalue weighted by molar-refractivity contribution is 5.74. The summed E-state index contributed by atoms with van der Waals surface area (Å²) in [6, 6.07) is 0.0523. The van der Waals surface area contributed by atoms with Crippen molar-refractivity contribution in [2.75, 3.05) is 66.6 Å². The zero-order valence-electron chi connectivity index (χ0n) is 13.9. The predicted octanol–water partition coefficient (Wildman–Crippen LogP) is 0.871. The van der Waals surface area contributed by atoms with Gasteiger partial charge < -0.3 is 24.2 Å². The third-order valence-electron chi connectivity index (χ3n) is 5.00. The van der Waals surface area contributed by atoms with Gasteiger partial charge in [-0.2, -0.15) is 0 Å². The van der Waals surface area contributed by atoms with E-state index in [1.807, 2.05) is 4.90 Å². The van der Waals surface area contributed by atoms with Gasteiger partial charge in [-0.25, -0.2) is 4.79 Å². The second kappa shape index (κ2) is 6.72. The standard InChI is InChI=1S/C16H29N3O3/c1-17(2)15(20)19-7-8-21-13-16(12-19)9-14(11-22-16)10-18-5-3-4-6-18/h14H,3-13H2,1-2H3/t14-,16-/m0/s1. The van der Waals surface area contributed by atoms with E-state index in [0.717, 1.165) is 19.6 Å². The van der Waals surface area contributed by atoms with Crippen LogP contribution in [0.1, 0.15) is 19.3 Å². The Morgan fingerprint density at radius 1 is 1.27 bits per heavy atom. The van der Waals surface area contributed by atoms with Crippen LogP contribution in [0.2, 0.25) is 0 Å². The maximum atomic E-state index is 12.3. The number of carbonyl (C=O) groups is 1. The molecule has 3 aliphatic heterocycles. The zero-order chi connectivity index (χ0) is 15.6. The molecule has 0 N–H and O–H groups in total. The molecule has 0 bridgehead atoms. The first-order valence-electron chi connectivity index (χ1n) is 8.48. The van der Waals surface area contributed by atoms with Gasteiger partial charge >= 0.3 is 6.03 Å². The minimum absolute atomic E-state index is 0.0523. The lowest BCUT2D eigenvalue weighted by Gasteiger charge is -2.32. The fourth-order valence-corrected chi connectivity index (χ4v) is 3.95. The molecule has 3 fully saturated rings. The van der Waals surface area contributed by atoms with Gasteiger partial charge in [0.05, 0.1) is 26.4 Å². The Balaban J connectivity index is 1.60. The SMILES string of the molecule is CN(C)C(=O)N1CCOC[C@]2(C[C@@H](CN3CCCC3)CO2)C1. The lowest BCUT2D eigenvalue weighted by molar-refractivity contribution is -0.0535. The Bertz CT molecular complexity index is 398. The van der Waals surface area contributed by atoms with Crippen LogP contribution in [-0.4, -0.2) is 93.0 Å². The molecule has 3 heterocycles. The van der Waals surface area contributed by atoms with Gasteiger partial charge in [-0.1, -0.05) is 0 Å². The second-order valence-corrected chi connectivity index (χ2v) is 7.22. The van der Waals surface area contributed by atoms with E-state index in [9.17, 15) is 4.79 Å². The fraction of sp³-hybridized carbons (Fsp3) is 0.938. The molecule has 22 heavy (non-hydrogen) atoms. The summed E-state index contributed by atoms with van der Waals surface area (Å²) in [6.45, 7) is 6.89. The van der Waals surface area contributed by atoms with Gasteiger partial charge in [0.25, 0.3) is 0 Å². The van der Waals surface area contributed by atoms with Crippen molar-refractivity contribution >= 4 is 6.03 Å². The number of ether oxygens (including phenoxy) is 2. The third-order valence-corrected chi connectivity index (χ3v) is 5.00. The maximum Gasteiger partial charge on any atom is 0.319 e. The molecular formula is C16H29N3O3. The van der Waals surface area contributed by atoms with Gasteiger partial charge in [0, 0.05) is 27.2 Å². The molecule has 0 aliphatic carbocycles. The molecule has 3 saturated heterocycles. The molecule has 0 aromatic rings. The van der Waals surface area contributed by atoms with E-state index >= 15 is 0 Å². The molecule has 0 aromatic heterocycles. The van der Waals surface area contributed by atoms with Gasteiger partial charge in [-0.05, 0) is 38.3 Å². The Kier molecular flexibility index (Phi) is 4.90. The van der Waals surface area contributed by atoms with Gasteiger partial charge in [0.2, 0.25) is 0 Å². The Morgan fingerprint density at radius 3 is 2.77 bits per heavy atom. The van der Waals surface area contributed by atoms with Crippen LogP contribution in [0.15, 0.2) is 0 Å². The van der Waals surface area contributed by atoms with Crippen LogP contribution >= 0.6 is 0 Å². The smallest absolute Gasteiger partial charge is 0.319 e. The number of hydrogen-bond donors (Lipinski definition) is 0. The Hall–Kier alpha value is -0.850. The number of likely N-dealkylation sites (tertiary alicyclic amines) is 1. The highest BCUT2D eigenvalue weighted by Gasteiger charge is 2.44. The number of rotatable bonds is 2. The largest absolute Gasteiger partial charge is 0.377 e. The molecular weight excluding hydrogens is 282 g/mol. The zero-order valence-corrected chi connectivity index (χ0v) is 13.9. The first-order chi connectivity index (χ1) is 10.6. The van der Waals surface area contributed by atoms with Crippen molar-refractivity contribution in [1.29, 1.82) is 0 Å². The third kappa shape index (κ3) is 3.55. The molecule has 3 aliphatic rings. The van der Waals surface area contributed by atoms with Crippen LogP contribution in [-0.2, 0) is 9.47 Å². The van der Waals surface area contributed by atoms with E-state index in [1.165, 1.54) is 25.9 Å². The quantitative estimate of drug-likeness (QED) is 0.759. The Labute approximate surface area is 133 Å². The molecule has 2 amide bonds. The van der Waals surface area contributed by atoms with Crippen molar-refractivity contribution in [2.45, 2.75) is 24.9 Å². The van der Waals surface area contributed by atoms with Crippen molar-refractivity contribution in [3.63, 3.8) is 0 Å². The highest BCUT2D eigenvalue weighted by atomic mass is 16.5. The number of amides is 2. The average molecular weight is 311 g/mol. The summed E-state index contributed by atoms with van der Waals surface area (Å²) in [7, 11) is 3.60. The van der Waals surface area contributed by atoms with Gasteiger partial charge in [-0.15, -0.1) is 0 Å². The molecule has 0 unspecified atom stereocenters. The number of hydrogen-bond acceptors (Lipinski definition) is 4. The van der Waals surface area contributed by atoms with E-state index in [2.05, 4.69) is 4.90 Å². The Morgan fingerprint density at radius 2 is 2.05 bits per heavy atom. The fourth-order valence-electron chi connectivity index (χ4n) is 3.95. The van der Waals surface area contributed by atoms with Crippen LogP contribution in [0.25, 0.3) is 0 Å². The minimum Gasteiger partial charge on any atom is -0.377 e. The summed E-state index contributed by atoms with van der Waals surface area (Å²) in [5.41, 5.74) is -0.299. The molecule has 3 rings (SSSR count). The second-order valence-electron chi connectivity index (χ2n) is 7.22. The lowest BCUT2D eigenvalue weighted by atomic mass is 9.94. The molecule has 0 aromatic carbocycles. The summed E-state index contributed by atoms with van der Waals surface area (Å²) in [5, 5.41) is 0. The molecule has 1 spiro atoms. The first kappa shape index (κ1) is 16.0. The van der Waals surface area contributed by atoms with Crippen LogP contribution in [0.3, 0.4) is 0 Å². The van der Waals surface area contributed by atoms with Crippen LogP contribution < -0.4 is 0 Å². The van der Waals surface area contributed by atoms with Crippen molar-refractivity contribution in [1.82, 2.24) is 14.7 Å². The van der Waals surface area contributed by atoms with Crippen LogP contribution in [0, 0.1) is 5.92 Å². The van der Waals surface area contributed by atoms with Crippen molar-refractivity contribution < 1.29 is 14.3 Å². The molecule has 0 radical (unpaired) electrons. The first-order valence-corrected chi connectivity index (χ1v) is 8.48. The number of carbonyl (C=O) groups excluding carboxylic acids is 1. The molecule has 126 valence electrons. The van der Waals surface area contributed by atoms with E-state index in [0.29, 0.717) is 32.2 Å². The monoisotopic (exact) mass is 311 g/mol. The van der Waals surface area contributed by atoms with E-state index in [-0.39, 0.29) is 11.6 Å². The summed E-state index contributed by atoms with van der Waals surface area (Å²) in [5.74, 6) is 0.566. The van der Waals surface area contributed by atoms with Crippen molar-refractivity contribution in [3.8, 4) is 0 Å². The maximum absolute atomic E-state index is 12.3. The van der Waals surface area contributed by atoms with E-state index < -0.39 is 0 Å². The van der Waals surface area contributed by atoms with Gasteiger partial charge in [0.1, 0.15) is 5.60 Å². The number of urea groups is 1. The van der Waals surface area contributed by atoms with Crippen LogP contribution in [0.4, 0.5) is 4.79 Å². The predicted molar refractivity (Wildman–Crippen MR) is 83.9 cm³/mol. The topological polar surface area (TPSA) is 45.2 Å². The normalized spacial score (nSPS) is 33.4. The highest BCUT2D eigenvalue weighted by Crippen LogP contribution is 2.33. The summed E-state index contributed by atoms with van der Waals surface area (Å²) in [4.78, 5) is 18.3. The number of nitrogens with zero attached hydrogens (tertiary/aromatic N) is 3. The van der Waals surface area contributed by atoms with Crippen molar-refractivity contribution in [2.24, 2.45) is 5.92 Å². The summed E-state index contributed by atoms with van der Waals surface area (Å²) >= 11 is 0. The summed E-state index contributed by atoms with van der Waals surface area (Å²) < 4.78 is 11.9. The van der Waals surface area contributed by atoms with Gasteiger partial charge in [-0.3, -0.25) is 0 Å². The lowest BCUT2D eigenvalue weighted by Crippen LogP contribution is -2.49. The molecule has 6 heteroatoms. The molecule has 0 saturated carbocycles. The minimum atomic E-state index is -0.299. The van der Waals surface area contributed by atoms with Crippen LogP contribution in [0.5, 0.6) is 0 Å². The summed E-state index contributed by atoms with van der Waals surface area (Å²) in [6.07, 6.45) is 3.65. The van der Waals surface area contributed by atoms with Crippen molar-refractivity contribution in [3.05, 3.63) is 0 Å². The molecule has 2 atom stereocenters. The average Bonchev–Trinajstić information content (AvgIpc) is 3.07.